The lowest BCUT2D eigenvalue weighted by Crippen LogP contribution is -1.95. The molecule has 8 aromatic rings. The van der Waals surface area contributed by atoms with Crippen LogP contribution in [-0.2, 0) is 6.40 Å². The van der Waals surface area contributed by atoms with E-state index in [1.165, 1.54) is 0 Å². The summed E-state index contributed by atoms with van der Waals surface area (Å²) in [5.41, 5.74) is 3.89. The lowest BCUT2D eigenvalue weighted by atomic mass is 9.84. The van der Waals surface area contributed by atoms with Gasteiger partial charge in [-0.05, 0) is 109 Å². The molecule has 0 aliphatic heterocycles. The zero-order valence-electron chi connectivity index (χ0n) is 34.6. The molecule has 1 heterocycles. The highest BCUT2D eigenvalue weighted by molar-refractivity contribution is 6.22. The van der Waals surface area contributed by atoms with E-state index in [1.807, 2.05) is 72.8 Å². The predicted molar refractivity (Wildman–Crippen MR) is 182 cm³/mol. The van der Waals surface area contributed by atoms with Gasteiger partial charge >= 0.3 is 0 Å². The quantitative estimate of drug-likeness (QED) is 0.196. The summed E-state index contributed by atoms with van der Waals surface area (Å²) in [4.78, 5) is 0. The topological polar surface area (TPSA) is 13.1 Å². The van der Waals surface area contributed by atoms with Crippen LogP contribution in [0.1, 0.15) is 34.0 Å². The fraction of sp³-hybridized carbons (Fsp3) is 0.0476. The first kappa shape index (κ1) is 15.2. The number of furan rings is 1. The summed E-state index contributed by atoms with van der Waals surface area (Å²) < 4.78 is 109. The van der Waals surface area contributed by atoms with Crippen LogP contribution in [0.5, 0.6) is 0 Å². The van der Waals surface area contributed by atoms with Gasteiger partial charge in [0, 0.05) is 13.5 Å². The zero-order chi connectivity index (χ0) is 38.8. The average molecular weight is 561 g/mol. The van der Waals surface area contributed by atoms with Crippen molar-refractivity contribution in [2.75, 3.05) is 0 Å². The van der Waals surface area contributed by atoms with Crippen LogP contribution in [0.15, 0.2) is 144 Å². The molecule has 1 heteroatoms. The van der Waals surface area contributed by atoms with Gasteiger partial charge < -0.3 is 4.42 Å². The van der Waals surface area contributed by atoms with Gasteiger partial charge in [-0.15, -0.1) is 0 Å². The van der Waals surface area contributed by atoms with E-state index in [1.54, 1.807) is 12.1 Å². The summed E-state index contributed by atoms with van der Waals surface area (Å²) in [6, 6.07) is 22.9. The van der Waals surface area contributed by atoms with Crippen molar-refractivity contribution in [3.8, 4) is 33.4 Å². The second kappa shape index (κ2) is 9.58. The first-order valence-corrected chi connectivity index (χ1v) is 13.9. The standard InChI is InChI=1S/C42H28O/c1-2-10-27(11-3-1)30-20-22-33-38-25-32(21-23-39(38)43-40(33)26-30)42-36-16-8-6-14-34(36)41(35-15-7-9-17-37(35)42)31-19-18-28-12-4-5-13-29(28)24-31/h1-3,5-11,13-26H,4,12H2/i1D,2D,3D,4D,5D,10D,11D,12D,13D,18D,19D,24D. The Kier molecular flexibility index (Phi) is 3.38. The molecule has 9 rings (SSSR count). The van der Waals surface area contributed by atoms with E-state index in [2.05, 4.69) is 0 Å². The summed E-state index contributed by atoms with van der Waals surface area (Å²) in [6.07, 6.45) is -2.75. The van der Waals surface area contributed by atoms with Crippen LogP contribution in [0.3, 0.4) is 0 Å². The lowest BCUT2D eigenvalue weighted by Gasteiger charge is -2.19. The predicted octanol–water partition coefficient (Wildman–Crippen LogP) is 11.9. The smallest absolute Gasteiger partial charge is 0.136 e. The van der Waals surface area contributed by atoms with E-state index in [0.29, 0.717) is 33.1 Å². The van der Waals surface area contributed by atoms with E-state index in [-0.39, 0.29) is 64.6 Å². The molecule has 0 N–H and O–H groups in total. The molecule has 1 nitrogen and oxygen atoms in total. The van der Waals surface area contributed by atoms with Crippen molar-refractivity contribution >= 4 is 49.5 Å². The minimum Gasteiger partial charge on any atom is -0.456 e. The Morgan fingerprint density at radius 1 is 0.558 bits per heavy atom. The number of hydrogen-bond donors (Lipinski definition) is 0. The summed E-state index contributed by atoms with van der Waals surface area (Å²) in [6.45, 7) is 0. The Bertz CT molecular complexity index is 2950. The Labute approximate surface area is 267 Å². The number of benzene rings is 7. The highest BCUT2D eigenvalue weighted by Crippen LogP contribution is 2.45. The SMILES string of the molecule is [2H]C1=C([2H])C([2H])C([2H])c2c([2H])c([2H])c(-c3c4ccccc4c(-c4ccc5oc6cc(-c7c([2H])c([2H])c([2H])c([2H])c7[2H])ccc6c5c4)c4ccccc34)c([2H])c21. The molecular weight excluding hydrogens is 520 g/mol. The molecule has 0 spiro atoms. The van der Waals surface area contributed by atoms with Gasteiger partial charge in [-0.25, -0.2) is 0 Å². The second-order valence-electron chi connectivity index (χ2n) is 10.5. The maximum absolute atomic E-state index is 9.37. The third-order valence-corrected chi connectivity index (χ3v) is 8.10. The van der Waals surface area contributed by atoms with E-state index >= 15 is 0 Å². The van der Waals surface area contributed by atoms with Crippen molar-refractivity contribution < 1.29 is 20.9 Å². The Morgan fingerprint density at radius 2 is 1.26 bits per heavy atom. The number of hydrogen-bond acceptors (Lipinski definition) is 1. The van der Waals surface area contributed by atoms with E-state index in [9.17, 15) is 2.74 Å². The van der Waals surface area contributed by atoms with Crippen LogP contribution < -0.4 is 0 Å². The average Bonchev–Trinajstić information content (AvgIpc) is 3.56. The van der Waals surface area contributed by atoms with Crippen molar-refractivity contribution in [1.29, 1.82) is 0 Å². The van der Waals surface area contributed by atoms with Crippen molar-refractivity contribution in [3.63, 3.8) is 0 Å². The summed E-state index contributed by atoms with van der Waals surface area (Å²) in [7, 11) is 0. The number of allylic oxidation sites excluding steroid dienone is 1. The van der Waals surface area contributed by atoms with Crippen molar-refractivity contribution in [1.82, 2.24) is 0 Å². The molecule has 43 heavy (non-hydrogen) atoms. The van der Waals surface area contributed by atoms with Crippen molar-refractivity contribution in [2.24, 2.45) is 0 Å². The Balaban J connectivity index is 1.29. The largest absolute Gasteiger partial charge is 0.456 e. The van der Waals surface area contributed by atoms with Crippen LogP contribution >= 0.6 is 0 Å². The summed E-state index contributed by atoms with van der Waals surface area (Å²) >= 11 is 0. The molecule has 1 aliphatic carbocycles. The normalized spacial score (nSPS) is 20.7. The first-order valence-electron chi connectivity index (χ1n) is 20.1. The highest BCUT2D eigenvalue weighted by atomic mass is 16.3. The van der Waals surface area contributed by atoms with Crippen LogP contribution in [0.2, 0.25) is 0 Å². The van der Waals surface area contributed by atoms with Gasteiger partial charge in [0.15, 0.2) is 0 Å². The molecule has 0 saturated carbocycles. The van der Waals surface area contributed by atoms with Gasteiger partial charge in [0.05, 0.1) is 13.7 Å². The van der Waals surface area contributed by atoms with Gasteiger partial charge in [0.1, 0.15) is 11.2 Å². The van der Waals surface area contributed by atoms with Gasteiger partial charge in [0.2, 0.25) is 0 Å². The minimum absolute atomic E-state index is 0.0361. The molecule has 0 saturated heterocycles. The van der Waals surface area contributed by atoms with E-state index < -0.39 is 30.9 Å². The van der Waals surface area contributed by atoms with Crippen LogP contribution in [0.25, 0.3) is 82.9 Å². The van der Waals surface area contributed by atoms with Crippen LogP contribution in [0.4, 0.5) is 0 Å². The Hall–Kier alpha value is -5.40. The highest BCUT2D eigenvalue weighted by Gasteiger charge is 2.18. The summed E-state index contributed by atoms with van der Waals surface area (Å²) in [5, 5.41) is 4.59. The number of fused-ring (bicyclic) bond motifs is 6. The fourth-order valence-corrected chi connectivity index (χ4v) is 6.19. The summed E-state index contributed by atoms with van der Waals surface area (Å²) in [5.74, 6) is 0. The molecule has 0 radical (unpaired) electrons. The molecule has 0 fully saturated rings. The third kappa shape index (κ3) is 3.86. The van der Waals surface area contributed by atoms with Gasteiger partial charge in [-0.1, -0.05) is 115 Å². The molecule has 1 aromatic heterocycles. The molecule has 202 valence electrons. The fourth-order valence-electron chi connectivity index (χ4n) is 6.19. The number of rotatable bonds is 3. The first-order chi connectivity index (χ1) is 26.3. The Morgan fingerprint density at radius 3 is 2.00 bits per heavy atom. The maximum Gasteiger partial charge on any atom is 0.136 e. The van der Waals surface area contributed by atoms with E-state index in [4.69, 9.17) is 18.1 Å². The monoisotopic (exact) mass is 560 g/mol. The second-order valence-corrected chi connectivity index (χ2v) is 10.5. The van der Waals surface area contributed by atoms with Crippen LogP contribution in [0, 0.1) is 0 Å². The molecule has 0 amide bonds. The zero-order valence-corrected chi connectivity index (χ0v) is 22.6. The van der Waals surface area contributed by atoms with E-state index in [0.717, 1.165) is 32.7 Å². The molecule has 2 unspecified atom stereocenters. The maximum atomic E-state index is 9.37. The molecule has 7 aromatic carbocycles. The lowest BCUT2D eigenvalue weighted by molar-refractivity contribution is 0.669. The minimum atomic E-state index is -1.39. The molecular formula is C42H28O. The van der Waals surface area contributed by atoms with Crippen molar-refractivity contribution in [2.45, 2.75) is 12.8 Å². The van der Waals surface area contributed by atoms with Crippen LogP contribution in [-0.4, -0.2) is 0 Å². The molecule has 1 aliphatic rings. The van der Waals surface area contributed by atoms with Gasteiger partial charge in [-0.2, -0.15) is 0 Å². The third-order valence-electron chi connectivity index (χ3n) is 8.10. The van der Waals surface area contributed by atoms with Gasteiger partial charge in [0.25, 0.3) is 0 Å². The molecule has 2 atom stereocenters. The van der Waals surface area contributed by atoms with Gasteiger partial charge in [-0.3, -0.25) is 0 Å². The molecule has 0 bridgehead atoms. The van der Waals surface area contributed by atoms with Crippen molar-refractivity contribution in [3.05, 3.63) is 150 Å².